The molecule has 1 heterocycles. The Morgan fingerprint density at radius 1 is 1.33 bits per heavy atom. The van der Waals surface area contributed by atoms with Gasteiger partial charge in [0.05, 0.1) is 0 Å². The molecule has 0 fully saturated rings. The highest BCUT2D eigenvalue weighted by Gasteiger charge is 2.14. The third-order valence-electron chi connectivity index (χ3n) is 2.80. The number of carbonyl (C=O) groups is 1. The second-order valence-electron chi connectivity index (χ2n) is 4.29. The molecule has 0 aliphatic carbocycles. The number of amides is 1. The van der Waals surface area contributed by atoms with Crippen molar-refractivity contribution in [3.8, 4) is 0 Å². The summed E-state index contributed by atoms with van der Waals surface area (Å²) >= 11 is 0. The Kier molecular flexibility index (Phi) is 3.79. The molecule has 0 spiro atoms. The van der Waals surface area contributed by atoms with Crippen LogP contribution >= 0.6 is 0 Å². The Bertz CT molecular complexity index is 519. The lowest BCUT2D eigenvalue weighted by molar-refractivity contribution is -0.122. The minimum Gasteiger partial charge on any atom is -0.357 e. The number of aryl methyl sites for hydroxylation is 1. The molecule has 4 nitrogen and oxygen atoms in total. The maximum absolute atomic E-state index is 11.9. The van der Waals surface area contributed by atoms with Crippen molar-refractivity contribution in [3.05, 3.63) is 59.9 Å². The lowest BCUT2D eigenvalue weighted by atomic mass is 10.1. The highest BCUT2D eigenvalue weighted by molar-refractivity contribution is 5.82. The van der Waals surface area contributed by atoms with Gasteiger partial charge in [-0.05, 0) is 17.2 Å². The van der Waals surface area contributed by atoms with E-state index >= 15 is 0 Å². The fourth-order valence-electron chi connectivity index (χ4n) is 1.78. The number of nitrogens with two attached hydrogens (primary N) is 1. The minimum atomic E-state index is -0.616. The third kappa shape index (κ3) is 2.99. The predicted molar refractivity (Wildman–Crippen MR) is 70.6 cm³/mol. The second kappa shape index (κ2) is 5.51. The number of hydrogen-bond donors (Lipinski definition) is 2. The van der Waals surface area contributed by atoms with E-state index in [2.05, 4.69) is 5.32 Å². The van der Waals surface area contributed by atoms with Gasteiger partial charge in [-0.3, -0.25) is 4.79 Å². The molecule has 0 aliphatic rings. The Morgan fingerprint density at radius 2 is 2.06 bits per heavy atom. The maximum atomic E-state index is 11.9. The molecule has 94 valence electrons. The molecule has 2 aromatic rings. The van der Waals surface area contributed by atoms with Gasteiger partial charge in [0.25, 0.3) is 0 Å². The number of nitrogens with one attached hydrogen (secondary N) is 1. The van der Waals surface area contributed by atoms with Crippen molar-refractivity contribution < 1.29 is 4.79 Å². The van der Waals surface area contributed by atoms with E-state index in [0.717, 1.165) is 11.1 Å². The van der Waals surface area contributed by atoms with Crippen molar-refractivity contribution in [1.29, 1.82) is 0 Å². The molecule has 0 saturated heterocycles. The van der Waals surface area contributed by atoms with E-state index in [1.54, 1.807) is 0 Å². The number of carbonyl (C=O) groups excluding carboxylic acids is 1. The van der Waals surface area contributed by atoms with Gasteiger partial charge in [0.15, 0.2) is 0 Å². The molecule has 18 heavy (non-hydrogen) atoms. The van der Waals surface area contributed by atoms with E-state index in [0.29, 0.717) is 6.54 Å². The fourth-order valence-corrected chi connectivity index (χ4v) is 1.78. The molecule has 0 bridgehead atoms. The quantitative estimate of drug-likeness (QED) is 0.851. The van der Waals surface area contributed by atoms with E-state index in [-0.39, 0.29) is 5.91 Å². The van der Waals surface area contributed by atoms with Crippen LogP contribution in [0.5, 0.6) is 0 Å². The van der Waals surface area contributed by atoms with Crippen molar-refractivity contribution in [1.82, 2.24) is 9.88 Å². The highest BCUT2D eigenvalue weighted by atomic mass is 16.2. The van der Waals surface area contributed by atoms with Crippen LogP contribution in [0.4, 0.5) is 0 Å². The summed E-state index contributed by atoms with van der Waals surface area (Å²) in [5, 5.41) is 2.83. The van der Waals surface area contributed by atoms with Crippen LogP contribution in [-0.4, -0.2) is 10.5 Å². The first-order valence-electron chi connectivity index (χ1n) is 5.86. The van der Waals surface area contributed by atoms with Crippen molar-refractivity contribution in [2.45, 2.75) is 12.6 Å². The van der Waals surface area contributed by atoms with Crippen LogP contribution in [0.3, 0.4) is 0 Å². The van der Waals surface area contributed by atoms with Crippen molar-refractivity contribution in [2.75, 3.05) is 0 Å². The second-order valence-corrected chi connectivity index (χ2v) is 4.29. The topological polar surface area (TPSA) is 60.0 Å². The molecule has 0 unspecified atom stereocenters. The molecular formula is C14H17N3O. The van der Waals surface area contributed by atoms with Crippen LogP contribution in [0.15, 0.2) is 48.8 Å². The van der Waals surface area contributed by atoms with E-state index in [1.165, 1.54) is 0 Å². The van der Waals surface area contributed by atoms with Crippen molar-refractivity contribution in [3.63, 3.8) is 0 Å². The number of rotatable bonds is 4. The smallest absolute Gasteiger partial charge is 0.241 e. The van der Waals surface area contributed by atoms with Crippen LogP contribution < -0.4 is 11.1 Å². The van der Waals surface area contributed by atoms with E-state index in [9.17, 15) is 4.79 Å². The van der Waals surface area contributed by atoms with Gasteiger partial charge in [-0.2, -0.15) is 0 Å². The molecule has 3 N–H and O–H groups in total. The largest absolute Gasteiger partial charge is 0.357 e. The van der Waals surface area contributed by atoms with Gasteiger partial charge in [0.1, 0.15) is 6.04 Å². The third-order valence-corrected chi connectivity index (χ3v) is 2.80. The number of nitrogens with zero attached hydrogens (tertiary/aromatic N) is 1. The summed E-state index contributed by atoms with van der Waals surface area (Å²) in [6.07, 6.45) is 3.91. The van der Waals surface area contributed by atoms with E-state index in [4.69, 9.17) is 5.73 Å². The van der Waals surface area contributed by atoms with Crippen molar-refractivity contribution >= 4 is 5.91 Å². The molecule has 0 radical (unpaired) electrons. The van der Waals surface area contributed by atoms with Gasteiger partial charge in [-0.25, -0.2) is 0 Å². The van der Waals surface area contributed by atoms with Crippen LogP contribution in [0.25, 0.3) is 0 Å². The summed E-state index contributed by atoms with van der Waals surface area (Å²) in [6.45, 7) is 0.500. The lowest BCUT2D eigenvalue weighted by Gasteiger charge is -2.11. The summed E-state index contributed by atoms with van der Waals surface area (Å²) in [4.78, 5) is 11.9. The van der Waals surface area contributed by atoms with Gasteiger partial charge in [0, 0.05) is 26.0 Å². The van der Waals surface area contributed by atoms with Gasteiger partial charge in [-0.15, -0.1) is 0 Å². The summed E-state index contributed by atoms with van der Waals surface area (Å²) in [5.74, 6) is -0.162. The van der Waals surface area contributed by atoms with Gasteiger partial charge >= 0.3 is 0 Å². The number of benzene rings is 1. The fraction of sp³-hybridized carbons (Fsp3) is 0.214. The molecule has 4 heteroatoms. The zero-order chi connectivity index (χ0) is 13.0. The monoisotopic (exact) mass is 243 g/mol. The lowest BCUT2D eigenvalue weighted by Crippen LogP contribution is -2.33. The summed E-state index contributed by atoms with van der Waals surface area (Å²) in [6, 6.07) is 10.7. The van der Waals surface area contributed by atoms with Crippen LogP contribution in [0.1, 0.15) is 17.2 Å². The Morgan fingerprint density at radius 3 is 2.67 bits per heavy atom. The zero-order valence-corrected chi connectivity index (χ0v) is 10.3. The van der Waals surface area contributed by atoms with Gasteiger partial charge < -0.3 is 15.6 Å². The minimum absolute atomic E-state index is 0.162. The number of hydrogen-bond acceptors (Lipinski definition) is 2. The van der Waals surface area contributed by atoms with E-state index in [1.807, 2.05) is 60.4 Å². The summed E-state index contributed by atoms with van der Waals surface area (Å²) < 4.78 is 1.94. The molecule has 0 saturated carbocycles. The van der Waals surface area contributed by atoms with Crippen LogP contribution in [0.2, 0.25) is 0 Å². The average molecular weight is 243 g/mol. The van der Waals surface area contributed by atoms with Crippen molar-refractivity contribution in [2.24, 2.45) is 12.8 Å². The highest BCUT2D eigenvalue weighted by Crippen LogP contribution is 2.09. The Labute approximate surface area is 106 Å². The molecule has 1 aromatic heterocycles. The molecular weight excluding hydrogens is 226 g/mol. The predicted octanol–water partition coefficient (Wildman–Crippen LogP) is 1.34. The van der Waals surface area contributed by atoms with E-state index < -0.39 is 6.04 Å². The first kappa shape index (κ1) is 12.4. The zero-order valence-electron chi connectivity index (χ0n) is 10.3. The first-order chi connectivity index (χ1) is 8.66. The number of aromatic nitrogens is 1. The molecule has 1 aromatic carbocycles. The average Bonchev–Trinajstić information content (AvgIpc) is 2.82. The maximum Gasteiger partial charge on any atom is 0.241 e. The molecule has 0 aliphatic heterocycles. The normalized spacial score (nSPS) is 12.1. The van der Waals surface area contributed by atoms with Gasteiger partial charge in [-0.1, -0.05) is 30.3 Å². The summed E-state index contributed by atoms with van der Waals surface area (Å²) in [5.41, 5.74) is 7.77. The standard InChI is InChI=1S/C14H17N3O/c1-17-8-7-11(10-17)9-16-14(18)13(15)12-5-3-2-4-6-12/h2-8,10,13H,9,15H2,1H3,(H,16,18)/t13-/m1/s1. The first-order valence-corrected chi connectivity index (χ1v) is 5.86. The molecule has 2 rings (SSSR count). The molecule has 1 atom stereocenters. The Hall–Kier alpha value is -2.07. The SMILES string of the molecule is Cn1ccc(CNC(=O)[C@H](N)c2ccccc2)c1. The van der Waals surface area contributed by atoms with Crippen LogP contribution in [-0.2, 0) is 18.4 Å². The molecule has 1 amide bonds. The Balaban J connectivity index is 1.92. The van der Waals surface area contributed by atoms with Crippen LogP contribution in [0, 0.1) is 0 Å². The van der Waals surface area contributed by atoms with Gasteiger partial charge in [0.2, 0.25) is 5.91 Å². The summed E-state index contributed by atoms with van der Waals surface area (Å²) in [7, 11) is 1.95.